The van der Waals surface area contributed by atoms with E-state index in [0.717, 1.165) is 6.20 Å². The van der Waals surface area contributed by atoms with Gasteiger partial charge in [-0.05, 0) is 11.4 Å². The van der Waals surface area contributed by atoms with Crippen LogP contribution >= 0.6 is 11.3 Å². The average molecular weight is 196 g/mol. The lowest BCUT2D eigenvalue weighted by Gasteiger charge is -1.95. The van der Waals surface area contributed by atoms with Crippen molar-refractivity contribution >= 4 is 27.2 Å². The summed E-state index contributed by atoms with van der Waals surface area (Å²) >= 11 is 1.26. The summed E-state index contributed by atoms with van der Waals surface area (Å²) in [4.78, 5) is 10.3. The lowest BCUT2D eigenvalue weighted by atomic mass is 10.3. The normalized spacial score (nSPS) is 10.5. The third kappa shape index (κ3) is 1.20. The Bertz CT molecular complexity index is 480. The Morgan fingerprint density at radius 1 is 1.54 bits per heavy atom. The van der Waals surface area contributed by atoms with E-state index in [-0.39, 0.29) is 5.69 Å². The van der Waals surface area contributed by atoms with E-state index in [9.17, 15) is 15.3 Å². The van der Waals surface area contributed by atoms with Crippen LogP contribution in [0.4, 0.5) is 5.69 Å². The molecular weight excluding hydrogens is 192 g/mol. The second-order valence-corrected chi connectivity index (χ2v) is 3.36. The third-order valence-corrected chi connectivity index (χ3v) is 2.55. The second kappa shape index (κ2) is 2.67. The molecule has 2 rings (SSSR count). The number of hydrogen-bond acceptors (Lipinski definition) is 4. The van der Waals surface area contributed by atoms with E-state index in [2.05, 4.69) is 0 Å². The van der Waals surface area contributed by atoms with Crippen molar-refractivity contribution in [2.45, 2.75) is 0 Å². The Morgan fingerprint density at radius 2 is 2.31 bits per heavy atom. The maximum atomic E-state index is 11.2. The zero-order valence-corrected chi connectivity index (χ0v) is 7.15. The van der Waals surface area contributed by atoms with E-state index < -0.39 is 4.92 Å². The first-order valence-electron chi connectivity index (χ1n) is 3.43. The molecule has 6 heteroatoms. The van der Waals surface area contributed by atoms with Crippen LogP contribution in [0, 0.1) is 15.3 Å². The maximum Gasteiger partial charge on any atom is 0.334 e. The van der Waals surface area contributed by atoms with Crippen molar-refractivity contribution in [2.75, 3.05) is 0 Å². The highest BCUT2D eigenvalue weighted by atomic mass is 32.1. The molecule has 2 heterocycles. The Morgan fingerprint density at radius 3 is 3.00 bits per heavy atom. The van der Waals surface area contributed by atoms with Crippen LogP contribution in [-0.4, -0.2) is 4.92 Å². The van der Waals surface area contributed by atoms with Gasteiger partial charge in [-0.15, -0.1) is 0 Å². The standard InChI is InChI=1S/C7H4N2O3S/c10-8-4-6(9(11)12)3-5-1-2-13-7(5)8/h1-4H. The smallest absolute Gasteiger partial charge is 0.334 e. The third-order valence-electron chi connectivity index (χ3n) is 1.64. The molecule has 2 aromatic heterocycles. The van der Waals surface area contributed by atoms with E-state index in [1.165, 1.54) is 17.4 Å². The van der Waals surface area contributed by atoms with Crippen LogP contribution in [0.5, 0.6) is 0 Å². The van der Waals surface area contributed by atoms with E-state index in [1.807, 2.05) is 0 Å². The number of aromatic nitrogens is 1. The molecule has 0 bridgehead atoms. The number of fused-ring (bicyclic) bond motifs is 1. The summed E-state index contributed by atoms with van der Waals surface area (Å²) in [7, 11) is 0. The molecule has 0 aliphatic carbocycles. The van der Waals surface area contributed by atoms with Crippen LogP contribution in [0.3, 0.4) is 0 Å². The molecule has 5 nitrogen and oxygen atoms in total. The van der Waals surface area contributed by atoms with Crippen LogP contribution < -0.4 is 4.73 Å². The molecule has 0 aliphatic heterocycles. The highest BCUT2D eigenvalue weighted by Gasteiger charge is 2.14. The van der Waals surface area contributed by atoms with Gasteiger partial charge in [0.2, 0.25) is 0 Å². The zero-order chi connectivity index (χ0) is 9.42. The molecule has 66 valence electrons. The minimum Gasteiger partial charge on any atom is -0.617 e. The number of nitro groups is 1. The van der Waals surface area contributed by atoms with Gasteiger partial charge in [0.1, 0.15) is 0 Å². The molecule has 2 aromatic rings. The lowest BCUT2D eigenvalue weighted by Crippen LogP contribution is -2.25. The molecular formula is C7H4N2O3S. The van der Waals surface area contributed by atoms with Crippen LogP contribution in [0.25, 0.3) is 10.2 Å². The predicted molar refractivity (Wildman–Crippen MR) is 47.4 cm³/mol. The molecule has 0 radical (unpaired) electrons. The molecule has 0 atom stereocenters. The van der Waals surface area contributed by atoms with E-state index >= 15 is 0 Å². The molecule has 0 saturated heterocycles. The zero-order valence-electron chi connectivity index (χ0n) is 6.34. The van der Waals surface area contributed by atoms with E-state index in [1.54, 1.807) is 11.4 Å². The fourth-order valence-corrected chi connectivity index (χ4v) is 1.84. The van der Waals surface area contributed by atoms with Crippen LogP contribution in [0.15, 0.2) is 23.7 Å². The highest BCUT2D eigenvalue weighted by Crippen LogP contribution is 2.20. The van der Waals surface area contributed by atoms with Crippen molar-refractivity contribution in [3.05, 3.63) is 39.0 Å². The van der Waals surface area contributed by atoms with E-state index in [4.69, 9.17) is 0 Å². The van der Waals surface area contributed by atoms with Crippen molar-refractivity contribution in [3.8, 4) is 0 Å². The maximum absolute atomic E-state index is 11.2. The SMILES string of the molecule is O=[N+]([O-])c1cc2ccsc2[n+]([O-])c1. The van der Waals surface area contributed by atoms with Gasteiger partial charge in [-0.25, -0.2) is 0 Å². The highest BCUT2D eigenvalue weighted by molar-refractivity contribution is 7.16. The van der Waals surface area contributed by atoms with Crippen LogP contribution in [-0.2, 0) is 0 Å². The monoisotopic (exact) mass is 196 g/mol. The molecule has 0 saturated carbocycles. The minimum absolute atomic E-state index is 0.180. The Labute approximate surface area is 76.6 Å². The Hall–Kier alpha value is -1.69. The Kier molecular flexibility index (Phi) is 1.63. The topological polar surface area (TPSA) is 70.1 Å². The van der Waals surface area contributed by atoms with Gasteiger partial charge in [0.25, 0.3) is 11.0 Å². The van der Waals surface area contributed by atoms with Crippen LogP contribution in [0.1, 0.15) is 0 Å². The summed E-state index contributed by atoms with van der Waals surface area (Å²) in [5, 5.41) is 23.9. The van der Waals surface area contributed by atoms with Crippen molar-refractivity contribution in [2.24, 2.45) is 0 Å². The van der Waals surface area contributed by atoms with Crippen LogP contribution in [0.2, 0.25) is 0 Å². The second-order valence-electron chi connectivity index (χ2n) is 2.46. The Balaban J connectivity index is 2.77. The first kappa shape index (κ1) is 7.93. The number of pyridine rings is 1. The van der Waals surface area contributed by atoms with Crippen molar-refractivity contribution in [1.29, 1.82) is 0 Å². The molecule has 0 aromatic carbocycles. The molecule has 13 heavy (non-hydrogen) atoms. The van der Waals surface area contributed by atoms with Crippen molar-refractivity contribution < 1.29 is 9.65 Å². The van der Waals surface area contributed by atoms with Gasteiger partial charge in [-0.2, -0.15) is 4.73 Å². The van der Waals surface area contributed by atoms with Gasteiger partial charge >= 0.3 is 5.69 Å². The minimum atomic E-state index is -0.578. The largest absolute Gasteiger partial charge is 0.617 e. The van der Waals surface area contributed by atoms with Gasteiger partial charge in [-0.3, -0.25) is 10.1 Å². The van der Waals surface area contributed by atoms with Crippen molar-refractivity contribution in [1.82, 2.24) is 0 Å². The molecule has 0 aliphatic rings. The number of hydrogen-bond donors (Lipinski definition) is 0. The fraction of sp³-hybridized carbons (Fsp3) is 0. The van der Waals surface area contributed by atoms with Gasteiger partial charge in [-0.1, -0.05) is 11.3 Å². The summed E-state index contributed by atoms with van der Waals surface area (Å²) in [5.41, 5.74) is -0.180. The number of nitrogens with zero attached hydrogens (tertiary/aromatic N) is 2. The van der Waals surface area contributed by atoms with Gasteiger partial charge in [0.15, 0.2) is 0 Å². The summed E-state index contributed by atoms with van der Waals surface area (Å²) in [6.07, 6.45) is 0.971. The molecule has 0 amide bonds. The van der Waals surface area contributed by atoms with E-state index in [0.29, 0.717) is 14.9 Å². The molecule has 0 spiro atoms. The first-order valence-corrected chi connectivity index (χ1v) is 4.31. The fourth-order valence-electron chi connectivity index (χ4n) is 1.08. The predicted octanol–water partition coefficient (Wildman–Crippen LogP) is 1.44. The first-order chi connectivity index (χ1) is 6.18. The van der Waals surface area contributed by atoms with Crippen molar-refractivity contribution in [3.63, 3.8) is 0 Å². The molecule has 0 unspecified atom stereocenters. The van der Waals surface area contributed by atoms with Gasteiger partial charge < -0.3 is 5.21 Å². The quantitative estimate of drug-likeness (QED) is 0.300. The number of rotatable bonds is 1. The summed E-state index contributed by atoms with van der Waals surface area (Å²) < 4.78 is 0.526. The molecule has 0 fully saturated rings. The molecule has 0 N–H and O–H groups in total. The lowest BCUT2D eigenvalue weighted by molar-refractivity contribution is -0.579. The summed E-state index contributed by atoms with van der Waals surface area (Å²) in [6.45, 7) is 0. The summed E-state index contributed by atoms with van der Waals surface area (Å²) in [5.74, 6) is 0. The average Bonchev–Trinajstić information content (AvgIpc) is 2.51. The number of thiophene rings is 1. The van der Waals surface area contributed by atoms with Gasteiger partial charge in [0, 0.05) is 6.07 Å². The van der Waals surface area contributed by atoms with Gasteiger partial charge in [0.05, 0.1) is 10.3 Å². The summed E-state index contributed by atoms with van der Waals surface area (Å²) in [6, 6.07) is 3.07.